The molecule has 6 heteroatoms. The average Bonchev–Trinajstić information content (AvgIpc) is 2.83. The van der Waals surface area contributed by atoms with Crippen molar-refractivity contribution in [2.45, 2.75) is 71.5 Å². The Morgan fingerprint density at radius 2 is 1.76 bits per heavy atom. The van der Waals surface area contributed by atoms with Gasteiger partial charge in [-0.15, -0.1) is 0 Å². The minimum atomic E-state index is -0.608. The molecule has 2 aromatic carbocycles. The van der Waals surface area contributed by atoms with Crippen molar-refractivity contribution in [1.29, 1.82) is 0 Å². The van der Waals surface area contributed by atoms with Gasteiger partial charge in [-0.3, -0.25) is 9.59 Å². The van der Waals surface area contributed by atoms with E-state index >= 15 is 0 Å². The number of aryl methyl sites for hydroxylation is 2. The van der Waals surface area contributed by atoms with Crippen LogP contribution in [0.15, 0.2) is 42.5 Å². The molecule has 0 aliphatic heterocycles. The maximum Gasteiger partial charge on any atom is 0.261 e. The number of ether oxygens (including phenoxy) is 2. The quantitative estimate of drug-likeness (QED) is 0.606. The molecule has 0 radical (unpaired) electrons. The Kier molecular flexibility index (Phi) is 8.75. The lowest BCUT2D eigenvalue weighted by Gasteiger charge is -2.31. The Balaban J connectivity index is 1.73. The van der Waals surface area contributed by atoms with Gasteiger partial charge in [-0.25, -0.2) is 0 Å². The third-order valence-electron chi connectivity index (χ3n) is 6.33. The predicted molar refractivity (Wildman–Crippen MR) is 129 cm³/mol. The van der Waals surface area contributed by atoms with Gasteiger partial charge in [0.1, 0.15) is 17.5 Å². The van der Waals surface area contributed by atoms with Gasteiger partial charge in [-0.2, -0.15) is 0 Å². The molecule has 0 unspecified atom stereocenters. The van der Waals surface area contributed by atoms with Gasteiger partial charge in [0.15, 0.2) is 6.61 Å². The molecular formula is C27H36N2O4. The summed E-state index contributed by atoms with van der Waals surface area (Å²) >= 11 is 0. The molecule has 1 atom stereocenters. The molecule has 0 spiro atoms. The molecule has 3 rings (SSSR count). The molecule has 0 saturated heterocycles. The number of carbonyl (C=O) groups is 2. The number of methoxy groups -OCH3 is 1. The fraction of sp³-hybridized carbons (Fsp3) is 0.481. The van der Waals surface area contributed by atoms with Gasteiger partial charge in [-0.1, -0.05) is 43.5 Å². The van der Waals surface area contributed by atoms with E-state index in [0.29, 0.717) is 12.3 Å². The number of amides is 2. The highest BCUT2D eigenvalue weighted by molar-refractivity contribution is 5.88. The van der Waals surface area contributed by atoms with Gasteiger partial charge in [-0.05, 0) is 68.5 Å². The molecule has 6 nitrogen and oxygen atoms in total. The zero-order chi connectivity index (χ0) is 23.8. The lowest BCUT2D eigenvalue weighted by Crippen LogP contribution is -2.51. The molecule has 1 aliphatic rings. The van der Waals surface area contributed by atoms with E-state index in [1.54, 1.807) is 18.9 Å². The maximum atomic E-state index is 13.3. The second kappa shape index (κ2) is 11.7. The van der Waals surface area contributed by atoms with Crippen LogP contribution in [0.1, 0.15) is 55.7 Å². The van der Waals surface area contributed by atoms with Crippen molar-refractivity contribution < 1.29 is 19.1 Å². The minimum absolute atomic E-state index is 0.115. The summed E-state index contributed by atoms with van der Waals surface area (Å²) in [5, 5.41) is 3.15. The predicted octanol–water partition coefficient (Wildman–Crippen LogP) is 4.56. The number of nitrogens with zero attached hydrogens (tertiary/aromatic N) is 1. The normalized spacial score (nSPS) is 14.9. The van der Waals surface area contributed by atoms with Crippen molar-refractivity contribution >= 4 is 11.8 Å². The molecule has 2 aromatic rings. The molecule has 1 aliphatic carbocycles. The molecular weight excluding hydrogens is 416 g/mol. The van der Waals surface area contributed by atoms with Crippen molar-refractivity contribution in [3.8, 4) is 11.5 Å². The second-order valence-electron chi connectivity index (χ2n) is 8.95. The Hall–Kier alpha value is -3.02. The van der Waals surface area contributed by atoms with E-state index in [9.17, 15) is 9.59 Å². The Morgan fingerprint density at radius 3 is 2.42 bits per heavy atom. The van der Waals surface area contributed by atoms with Crippen molar-refractivity contribution in [3.63, 3.8) is 0 Å². The van der Waals surface area contributed by atoms with Crippen LogP contribution in [0.5, 0.6) is 11.5 Å². The number of hydrogen-bond donors (Lipinski definition) is 1. The van der Waals surface area contributed by atoms with Crippen LogP contribution in [0.3, 0.4) is 0 Å². The van der Waals surface area contributed by atoms with E-state index in [1.165, 1.54) is 6.42 Å². The molecule has 0 aromatic heterocycles. The summed E-state index contributed by atoms with van der Waals surface area (Å²) in [6.45, 7) is 5.92. The fourth-order valence-electron chi connectivity index (χ4n) is 4.16. The summed E-state index contributed by atoms with van der Waals surface area (Å²) in [6.07, 6.45) is 5.50. The van der Waals surface area contributed by atoms with Crippen LogP contribution in [0.4, 0.5) is 0 Å². The van der Waals surface area contributed by atoms with E-state index in [1.807, 2.05) is 56.3 Å². The summed E-state index contributed by atoms with van der Waals surface area (Å²) in [4.78, 5) is 27.9. The highest BCUT2D eigenvalue weighted by atomic mass is 16.5. The first-order valence-electron chi connectivity index (χ1n) is 11.8. The van der Waals surface area contributed by atoms with E-state index in [-0.39, 0.29) is 24.5 Å². The molecule has 33 heavy (non-hydrogen) atoms. The third kappa shape index (κ3) is 6.98. The first-order chi connectivity index (χ1) is 15.9. The first kappa shape index (κ1) is 24.6. The molecule has 2 amide bonds. The zero-order valence-corrected chi connectivity index (χ0v) is 20.2. The summed E-state index contributed by atoms with van der Waals surface area (Å²) < 4.78 is 11.1. The largest absolute Gasteiger partial charge is 0.497 e. The van der Waals surface area contributed by atoms with Crippen molar-refractivity contribution in [3.05, 3.63) is 59.2 Å². The highest BCUT2D eigenvalue weighted by Gasteiger charge is 2.28. The van der Waals surface area contributed by atoms with E-state index < -0.39 is 6.04 Å². The summed E-state index contributed by atoms with van der Waals surface area (Å²) in [6, 6.07) is 13.0. The van der Waals surface area contributed by atoms with Crippen LogP contribution in [-0.4, -0.2) is 42.5 Å². The molecule has 0 heterocycles. The highest BCUT2D eigenvalue weighted by Crippen LogP contribution is 2.21. The monoisotopic (exact) mass is 452 g/mol. The Morgan fingerprint density at radius 1 is 1.06 bits per heavy atom. The van der Waals surface area contributed by atoms with Crippen LogP contribution in [0.25, 0.3) is 0 Å². The standard InChI is InChI=1S/C27H36N2O4/c1-19-10-11-20(2)25(16-19)33-18-26(30)29(17-22-12-14-24(32-4)15-13-22)21(3)27(31)28-23-8-6-5-7-9-23/h10-16,21,23H,5-9,17-18H2,1-4H3,(H,28,31)/t21-/m1/s1. The van der Waals surface area contributed by atoms with Crippen LogP contribution in [-0.2, 0) is 16.1 Å². The van der Waals surface area contributed by atoms with Gasteiger partial charge in [0.25, 0.3) is 5.91 Å². The second-order valence-corrected chi connectivity index (χ2v) is 8.95. The number of carbonyl (C=O) groups excluding carboxylic acids is 2. The molecule has 1 fully saturated rings. The lowest BCUT2D eigenvalue weighted by molar-refractivity contribution is -0.142. The molecule has 1 saturated carbocycles. The minimum Gasteiger partial charge on any atom is -0.497 e. The number of hydrogen-bond acceptors (Lipinski definition) is 4. The third-order valence-corrected chi connectivity index (χ3v) is 6.33. The SMILES string of the molecule is COc1ccc(CN(C(=O)COc2cc(C)ccc2C)[C@H](C)C(=O)NC2CCCCC2)cc1. The Bertz CT molecular complexity index is 936. The zero-order valence-electron chi connectivity index (χ0n) is 20.2. The summed E-state index contributed by atoms with van der Waals surface area (Å²) in [5.74, 6) is 1.10. The Labute approximate surface area is 197 Å². The molecule has 0 bridgehead atoms. The fourth-order valence-corrected chi connectivity index (χ4v) is 4.16. The van der Waals surface area contributed by atoms with Gasteiger partial charge in [0.05, 0.1) is 7.11 Å². The number of nitrogens with one attached hydrogen (secondary N) is 1. The van der Waals surface area contributed by atoms with E-state index in [0.717, 1.165) is 48.1 Å². The summed E-state index contributed by atoms with van der Waals surface area (Å²) in [7, 11) is 1.62. The maximum absolute atomic E-state index is 13.3. The molecule has 178 valence electrons. The van der Waals surface area contributed by atoms with Crippen LogP contribution in [0.2, 0.25) is 0 Å². The summed E-state index contributed by atoms with van der Waals surface area (Å²) in [5.41, 5.74) is 2.96. The van der Waals surface area contributed by atoms with Crippen molar-refractivity contribution in [2.75, 3.05) is 13.7 Å². The average molecular weight is 453 g/mol. The van der Waals surface area contributed by atoms with Crippen LogP contribution >= 0.6 is 0 Å². The smallest absolute Gasteiger partial charge is 0.261 e. The van der Waals surface area contributed by atoms with E-state index in [2.05, 4.69) is 5.32 Å². The van der Waals surface area contributed by atoms with Gasteiger partial charge < -0.3 is 19.7 Å². The van der Waals surface area contributed by atoms with Gasteiger partial charge in [0.2, 0.25) is 5.91 Å². The first-order valence-corrected chi connectivity index (χ1v) is 11.8. The van der Waals surface area contributed by atoms with Crippen molar-refractivity contribution in [2.24, 2.45) is 0 Å². The number of benzene rings is 2. The van der Waals surface area contributed by atoms with Gasteiger partial charge >= 0.3 is 0 Å². The lowest BCUT2D eigenvalue weighted by atomic mass is 9.95. The topological polar surface area (TPSA) is 67.9 Å². The van der Waals surface area contributed by atoms with E-state index in [4.69, 9.17) is 9.47 Å². The van der Waals surface area contributed by atoms with Crippen LogP contribution in [0, 0.1) is 13.8 Å². The van der Waals surface area contributed by atoms with Crippen LogP contribution < -0.4 is 14.8 Å². The molecule has 1 N–H and O–H groups in total. The number of rotatable bonds is 9. The van der Waals surface area contributed by atoms with Gasteiger partial charge in [0, 0.05) is 12.6 Å². The van der Waals surface area contributed by atoms with Crippen molar-refractivity contribution in [1.82, 2.24) is 10.2 Å².